The van der Waals surface area contributed by atoms with Crippen molar-refractivity contribution >= 4 is 17.3 Å². The van der Waals surface area contributed by atoms with Crippen LogP contribution < -0.4 is 5.32 Å². The predicted molar refractivity (Wildman–Crippen MR) is 64.0 cm³/mol. The summed E-state index contributed by atoms with van der Waals surface area (Å²) < 4.78 is 5.19. The maximum atomic E-state index is 5.19. The molecule has 2 aromatic rings. The number of nitrogens with one attached hydrogen (secondary N) is 1. The van der Waals surface area contributed by atoms with Gasteiger partial charge < -0.3 is 9.73 Å². The average Bonchev–Trinajstić information content (AvgIpc) is 2.76. The van der Waals surface area contributed by atoms with Crippen molar-refractivity contribution in [3.05, 3.63) is 30.3 Å². The summed E-state index contributed by atoms with van der Waals surface area (Å²) >= 11 is 0. The molecule has 0 spiro atoms. The Bertz CT molecular complexity index is 490. The maximum Gasteiger partial charge on any atom is 0.198 e. The standard InChI is InChI=1S/C12H15N3O/c1-9(13-2)4-3-5-10-6-11-12(14-7-10)15-8-16-11/h3,5-9,13H,4H2,1-2H3/b5-3+. The number of rotatable bonds is 4. The van der Waals surface area contributed by atoms with E-state index in [9.17, 15) is 0 Å². The largest absolute Gasteiger partial charge is 0.442 e. The topological polar surface area (TPSA) is 51.0 Å². The molecule has 2 aromatic heterocycles. The number of fused-ring (bicyclic) bond motifs is 1. The van der Waals surface area contributed by atoms with E-state index in [1.54, 1.807) is 6.20 Å². The van der Waals surface area contributed by atoms with Gasteiger partial charge in [-0.15, -0.1) is 0 Å². The van der Waals surface area contributed by atoms with E-state index in [0.717, 1.165) is 17.6 Å². The summed E-state index contributed by atoms with van der Waals surface area (Å²) in [6, 6.07) is 2.42. The quantitative estimate of drug-likeness (QED) is 0.853. The molecular weight excluding hydrogens is 202 g/mol. The van der Waals surface area contributed by atoms with E-state index >= 15 is 0 Å². The lowest BCUT2D eigenvalue weighted by molar-refractivity contribution is 0.602. The number of hydrogen-bond acceptors (Lipinski definition) is 4. The van der Waals surface area contributed by atoms with Gasteiger partial charge in [0.05, 0.1) is 0 Å². The lowest BCUT2D eigenvalue weighted by atomic mass is 10.2. The third kappa shape index (κ3) is 2.46. The van der Waals surface area contributed by atoms with Gasteiger partial charge in [-0.1, -0.05) is 12.2 Å². The molecule has 0 aromatic carbocycles. The SMILES string of the molecule is CNC(C)C/C=C/c1cnc2ncoc2c1. The summed E-state index contributed by atoms with van der Waals surface area (Å²) in [5.74, 6) is 0. The van der Waals surface area contributed by atoms with E-state index in [2.05, 4.69) is 28.3 Å². The first-order valence-corrected chi connectivity index (χ1v) is 5.32. The van der Waals surface area contributed by atoms with E-state index in [1.807, 2.05) is 19.2 Å². The summed E-state index contributed by atoms with van der Waals surface area (Å²) in [6.07, 6.45) is 8.37. The summed E-state index contributed by atoms with van der Waals surface area (Å²) in [6.45, 7) is 2.14. The molecular formula is C12H15N3O. The molecule has 16 heavy (non-hydrogen) atoms. The number of aromatic nitrogens is 2. The first-order valence-electron chi connectivity index (χ1n) is 5.32. The highest BCUT2D eigenvalue weighted by atomic mass is 16.3. The smallest absolute Gasteiger partial charge is 0.198 e. The average molecular weight is 217 g/mol. The molecule has 0 amide bonds. The highest BCUT2D eigenvalue weighted by Crippen LogP contribution is 2.12. The van der Waals surface area contributed by atoms with Gasteiger partial charge in [0.1, 0.15) is 0 Å². The molecule has 2 heterocycles. The Kier molecular flexibility index (Phi) is 3.31. The molecule has 0 aliphatic rings. The number of oxazole rings is 1. The maximum absolute atomic E-state index is 5.19. The van der Waals surface area contributed by atoms with Crippen LogP contribution in [0.5, 0.6) is 0 Å². The Balaban J connectivity index is 2.08. The van der Waals surface area contributed by atoms with E-state index in [-0.39, 0.29) is 0 Å². The van der Waals surface area contributed by atoms with Gasteiger partial charge in [-0.2, -0.15) is 4.98 Å². The van der Waals surface area contributed by atoms with Gasteiger partial charge in [-0.3, -0.25) is 0 Å². The molecule has 84 valence electrons. The van der Waals surface area contributed by atoms with Crippen molar-refractivity contribution in [1.29, 1.82) is 0 Å². The van der Waals surface area contributed by atoms with Crippen molar-refractivity contribution in [3.8, 4) is 0 Å². The Morgan fingerprint density at radius 1 is 1.50 bits per heavy atom. The van der Waals surface area contributed by atoms with Gasteiger partial charge in [0.15, 0.2) is 17.6 Å². The van der Waals surface area contributed by atoms with E-state index in [4.69, 9.17) is 4.42 Å². The second-order valence-electron chi connectivity index (χ2n) is 3.77. The first kappa shape index (κ1) is 10.8. The second-order valence-corrected chi connectivity index (χ2v) is 3.77. The van der Waals surface area contributed by atoms with Gasteiger partial charge in [0.25, 0.3) is 0 Å². The van der Waals surface area contributed by atoms with Crippen molar-refractivity contribution in [2.24, 2.45) is 0 Å². The fourth-order valence-corrected chi connectivity index (χ4v) is 1.39. The summed E-state index contributed by atoms with van der Waals surface area (Å²) in [4.78, 5) is 8.16. The zero-order chi connectivity index (χ0) is 11.4. The van der Waals surface area contributed by atoms with Crippen LogP contribution in [0.15, 0.2) is 29.2 Å². The van der Waals surface area contributed by atoms with Gasteiger partial charge in [0.2, 0.25) is 0 Å². The molecule has 0 aliphatic heterocycles. The van der Waals surface area contributed by atoms with Crippen molar-refractivity contribution in [2.75, 3.05) is 7.05 Å². The van der Waals surface area contributed by atoms with Crippen LogP contribution in [0.25, 0.3) is 17.3 Å². The van der Waals surface area contributed by atoms with Crippen LogP contribution in [0.1, 0.15) is 18.9 Å². The molecule has 4 nitrogen and oxygen atoms in total. The van der Waals surface area contributed by atoms with E-state index in [0.29, 0.717) is 11.7 Å². The first-order chi connectivity index (χ1) is 7.79. The molecule has 0 aliphatic carbocycles. The molecule has 0 bridgehead atoms. The summed E-state index contributed by atoms with van der Waals surface area (Å²) in [5, 5.41) is 3.18. The van der Waals surface area contributed by atoms with Crippen molar-refractivity contribution in [3.63, 3.8) is 0 Å². The number of nitrogens with zero attached hydrogens (tertiary/aromatic N) is 2. The summed E-state index contributed by atoms with van der Waals surface area (Å²) in [5.41, 5.74) is 2.41. The molecule has 0 saturated carbocycles. The Labute approximate surface area is 94.4 Å². The monoisotopic (exact) mass is 217 g/mol. The van der Waals surface area contributed by atoms with Crippen LogP contribution in [0, 0.1) is 0 Å². The molecule has 0 fully saturated rings. The fourth-order valence-electron chi connectivity index (χ4n) is 1.39. The van der Waals surface area contributed by atoms with Crippen LogP contribution in [0.4, 0.5) is 0 Å². The fraction of sp³-hybridized carbons (Fsp3) is 0.333. The van der Waals surface area contributed by atoms with Gasteiger partial charge in [0, 0.05) is 12.2 Å². The minimum atomic E-state index is 0.484. The van der Waals surface area contributed by atoms with Crippen molar-refractivity contribution in [2.45, 2.75) is 19.4 Å². The number of pyridine rings is 1. The molecule has 2 rings (SSSR count). The highest BCUT2D eigenvalue weighted by molar-refractivity contribution is 5.70. The third-order valence-electron chi connectivity index (χ3n) is 2.50. The number of hydrogen-bond donors (Lipinski definition) is 1. The lowest BCUT2D eigenvalue weighted by Crippen LogP contribution is -2.19. The second kappa shape index (κ2) is 4.90. The molecule has 1 N–H and O–H groups in total. The molecule has 0 saturated heterocycles. The van der Waals surface area contributed by atoms with Gasteiger partial charge in [-0.25, -0.2) is 4.98 Å². The van der Waals surface area contributed by atoms with E-state index in [1.165, 1.54) is 6.39 Å². The predicted octanol–water partition coefficient (Wildman–Crippen LogP) is 2.23. The summed E-state index contributed by atoms with van der Waals surface area (Å²) in [7, 11) is 1.96. The minimum absolute atomic E-state index is 0.484. The minimum Gasteiger partial charge on any atom is -0.442 e. The lowest BCUT2D eigenvalue weighted by Gasteiger charge is -2.04. The molecule has 4 heteroatoms. The Hall–Kier alpha value is -1.68. The van der Waals surface area contributed by atoms with Crippen LogP contribution in [0.2, 0.25) is 0 Å². The molecule has 1 atom stereocenters. The van der Waals surface area contributed by atoms with Crippen molar-refractivity contribution < 1.29 is 4.42 Å². The Morgan fingerprint density at radius 3 is 3.19 bits per heavy atom. The molecule has 0 radical (unpaired) electrons. The van der Waals surface area contributed by atoms with E-state index < -0.39 is 0 Å². The van der Waals surface area contributed by atoms with Gasteiger partial charge >= 0.3 is 0 Å². The van der Waals surface area contributed by atoms with Crippen LogP contribution in [-0.4, -0.2) is 23.1 Å². The Morgan fingerprint density at radius 2 is 2.38 bits per heavy atom. The zero-order valence-corrected chi connectivity index (χ0v) is 9.47. The third-order valence-corrected chi connectivity index (χ3v) is 2.50. The zero-order valence-electron chi connectivity index (χ0n) is 9.47. The van der Waals surface area contributed by atoms with Crippen LogP contribution in [0.3, 0.4) is 0 Å². The van der Waals surface area contributed by atoms with Crippen molar-refractivity contribution in [1.82, 2.24) is 15.3 Å². The van der Waals surface area contributed by atoms with Crippen LogP contribution >= 0.6 is 0 Å². The molecule has 1 unspecified atom stereocenters. The highest BCUT2D eigenvalue weighted by Gasteiger charge is 1.99. The normalized spacial score (nSPS) is 13.6. The van der Waals surface area contributed by atoms with Crippen LogP contribution in [-0.2, 0) is 0 Å². The van der Waals surface area contributed by atoms with Gasteiger partial charge in [-0.05, 0) is 32.0 Å².